The van der Waals surface area contributed by atoms with Gasteiger partial charge in [0.1, 0.15) is 11.3 Å². The first kappa shape index (κ1) is 14.4. The number of hydrogen-bond donors (Lipinski definition) is 1. The minimum Gasteiger partial charge on any atom is -0.319 e. The highest BCUT2D eigenvalue weighted by atomic mass is 16.2. The van der Waals surface area contributed by atoms with Crippen molar-refractivity contribution < 1.29 is 4.79 Å². The Bertz CT molecular complexity index is 1080. The molecule has 0 aliphatic rings. The third kappa shape index (κ3) is 2.22. The first-order valence-electron chi connectivity index (χ1n) is 7.74. The summed E-state index contributed by atoms with van der Waals surface area (Å²) >= 11 is 0. The van der Waals surface area contributed by atoms with E-state index in [1.165, 1.54) is 0 Å². The number of carbonyl (C=O) groups excluding carboxylic acids is 1. The van der Waals surface area contributed by atoms with Crippen LogP contribution in [0.15, 0.2) is 54.9 Å². The molecule has 0 atom stereocenters. The van der Waals surface area contributed by atoms with E-state index < -0.39 is 0 Å². The molecule has 118 valence electrons. The van der Waals surface area contributed by atoms with Gasteiger partial charge in [0.05, 0.1) is 16.9 Å². The molecule has 4 rings (SSSR count). The topological polar surface area (TPSA) is 59.3 Å². The van der Waals surface area contributed by atoms with E-state index in [0.29, 0.717) is 17.1 Å². The number of para-hydroxylation sites is 1. The molecule has 1 N–H and O–H groups in total. The van der Waals surface area contributed by atoms with Crippen molar-refractivity contribution in [3.8, 4) is 0 Å². The number of carbonyl (C=O) groups is 1. The predicted octanol–water partition coefficient (Wildman–Crippen LogP) is 3.75. The van der Waals surface area contributed by atoms with Gasteiger partial charge in [-0.2, -0.15) is 0 Å². The summed E-state index contributed by atoms with van der Waals surface area (Å²) < 4.78 is 1.83. The first-order valence-corrected chi connectivity index (χ1v) is 7.74. The summed E-state index contributed by atoms with van der Waals surface area (Å²) in [4.78, 5) is 21.8. The summed E-state index contributed by atoms with van der Waals surface area (Å²) in [5, 5.41) is 3.96. The van der Waals surface area contributed by atoms with Crippen LogP contribution in [0.4, 0.5) is 5.69 Å². The third-order valence-electron chi connectivity index (χ3n) is 4.12. The maximum Gasteiger partial charge on any atom is 0.274 e. The number of aromatic nitrogens is 3. The molecule has 24 heavy (non-hydrogen) atoms. The molecular weight excluding hydrogens is 300 g/mol. The zero-order valence-electron chi connectivity index (χ0n) is 13.4. The Labute approximate surface area is 139 Å². The maximum atomic E-state index is 12.9. The van der Waals surface area contributed by atoms with Crippen LogP contribution in [0.3, 0.4) is 0 Å². The van der Waals surface area contributed by atoms with Crippen LogP contribution in [0, 0.1) is 13.8 Å². The van der Waals surface area contributed by atoms with Gasteiger partial charge >= 0.3 is 0 Å². The summed E-state index contributed by atoms with van der Waals surface area (Å²) in [6.07, 6.45) is 3.58. The van der Waals surface area contributed by atoms with Crippen molar-refractivity contribution in [1.82, 2.24) is 14.4 Å². The number of nitrogens with one attached hydrogen (secondary N) is 1. The lowest BCUT2D eigenvalue weighted by molar-refractivity contribution is 0.102. The van der Waals surface area contributed by atoms with Crippen molar-refractivity contribution in [2.75, 3.05) is 5.32 Å². The molecule has 3 heterocycles. The smallest absolute Gasteiger partial charge is 0.274 e. The fourth-order valence-electron chi connectivity index (χ4n) is 2.98. The lowest BCUT2D eigenvalue weighted by Crippen LogP contribution is -2.16. The zero-order valence-corrected chi connectivity index (χ0v) is 13.4. The average molecular weight is 316 g/mol. The Morgan fingerprint density at radius 3 is 2.79 bits per heavy atom. The van der Waals surface area contributed by atoms with Crippen LogP contribution in [-0.2, 0) is 0 Å². The lowest BCUT2D eigenvalue weighted by Gasteiger charge is -2.08. The number of imidazole rings is 1. The molecule has 4 aromatic rings. The third-order valence-corrected chi connectivity index (χ3v) is 4.12. The van der Waals surface area contributed by atoms with Gasteiger partial charge < -0.3 is 5.32 Å². The van der Waals surface area contributed by atoms with Crippen LogP contribution in [0.25, 0.3) is 16.6 Å². The summed E-state index contributed by atoms with van der Waals surface area (Å²) in [5.41, 5.74) is 4.55. The Kier molecular flexibility index (Phi) is 3.27. The largest absolute Gasteiger partial charge is 0.319 e. The van der Waals surface area contributed by atoms with Crippen LogP contribution in [0.5, 0.6) is 0 Å². The Balaban J connectivity index is 1.80. The Morgan fingerprint density at radius 1 is 1.08 bits per heavy atom. The highest BCUT2D eigenvalue weighted by Gasteiger charge is 2.18. The van der Waals surface area contributed by atoms with E-state index in [1.807, 2.05) is 66.9 Å². The standard InChI is InChI=1S/C19H16N4O/c1-12-6-5-11-23-17(13(2)21-18(12)23)19(24)22-15-9-3-7-14-8-4-10-20-16(14)15/h3-11H,1-2H3,(H,22,24). The number of pyridine rings is 2. The Hall–Kier alpha value is -3.21. The molecule has 0 aliphatic heterocycles. The fourth-order valence-corrected chi connectivity index (χ4v) is 2.98. The number of rotatable bonds is 2. The van der Waals surface area contributed by atoms with Gasteiger partial charge in [0.25, 0.3) is 5.91 Å². The predicted molar refractivity (Wildman–Crippen MR) is 94.4 cm³/mol. The molecule has 0 bridgehead atoms. The van der Waals surface area contributed by atoms with Gasteiger partial charge in [-0.15, -0.1) is 0 Å². The quantitative estimate of drug-likeness (QED) is 0.612. The molecule has 1 aromatic carbocycles. The minimum atomic E-state index is -0.191. The van der Waals surface area contributed by atoms with Gasteiger partial charge in [-0.25, -0.2) is 4.98 Å². The molecule has 5 nitrogen and oxygen atoms in total. The SMILES string of the molecule is Cc1nc2c(C)cccn2c1C(=O)Nc1cccc2cccnc12. The van der Waals surface area contributed by atoms with Crippen LogP contribution in [0.2, 0.25) is 0 Å². The molecule has 0 unspecified atom stereocenters. The number of aryl methyl sites for hydroxylation is 2. The van der Waals surface area contributed by atoms with Gasteiger partial charge in [-0.3, -0.25) is 14.2 Å². The number of amides is 1. The number of nitrogens with zero attached hydrogens (tertiary/aromatic N) is 3. The van der Waals surface area contributed by atoms with Crippen molar-refractivity contribution in [3.05, 3.63) is 71.8 Å². The van der Waals surface area contributed by atoms with Crippen LogP contribution in [0.1, 0.15) is 21.7 Å². The lowest BCUT2D eigenvalue weighted by atomic mass is 10.2. The highest BCUT2D eigenvalue weighted by Crippen LogP contribution is 2.22. The minimum absolute atomic E-state index is 0.191. The van der Waals surface area contributed by atoms with Crippen molar-refractivity contribution in [3.63, 3.8) is 0 Å². The molecule has 0 saturated carbocycles. The summed E-state index contributed by atoms with van der Waals surface area (Å²) in [7, 11) is 0. The van der Waals surface area contributed by atoms with E-state index in [0.717, 1.165) is 22.1 Å². The monoisotopic (exact) mass is 316 g/mol. The number of hydrogen-bond acceptors (Lipinski definition) is 3. The molecule has 0 aliphatic carbocycles. The normalized spacial score (nSPS) is 11.1. The van der Waals surface area contributed by atoms with E-state index in [-0.39, 0.29) is 5.91 Å². The number of anilines is 1. The van der Waals surface area contributed by atoms with Gasteiger partial charge in [0.2, 0.25) is 0 Å². The maximum absolute atomic E-state index is 12.9. The van der Waals surface area contributed by atoms with Crippen molar-refractivity contribution >= 4 is 28.1 Å². The molecular formula is C19H16N4O. The highest BCUT2D eigenvalue weighted by molar-refractivity contribution is 6.08. The molecule has 0 saturated heterocycles. The number of benzene rings is 1. The molecule has 0 fully saturated rings. The second kappa shape index (κ2) is 5.45. The first-order chi connectivity index (χ1) is 11.6. The van der Waals surface area contributed by atoms with Crippen LogP contribution >= 0.6 is 0 Å². The second-order valence-corrected chi connectivity index (χ2v) is 5.77. The molecule has 3 aromatic heterocycles. The zero-order chi connectivity index (χ0) is 16.7. The average Bonchev–Trinajstić information content (AvgIpc) is 2.93. The molecule has 0 radical (unpaired) electrons. The van der Waals surface area contributed by atoms with E-state index in [4.69, 9.17) is 0 Å². The van der Waals surface area contributed by atoms with Crippen molar-refractivity contribution in [1.29, 1.82) is 0 Å². The van der Waals surface area contributed by atoms with Crippen LogP contribution in [-0.4, -0.2) is 20.3 Å². The van der Waals surface area contributed by atoms with E-state index in [2.05, 4.69) is 15.3 Å². The summed E-state index contributed by atoms with van der Waals surface area (Å²) in [6.45, 7) is 3.83. The van der Waals surface area contributed by atoms with Gasteiger partial charge in [-0.05, 0) is 37.6 Å². The van der Waals surface area contributed by atoms with Crippen molar-refractivity contribution in [2.24, 2.45) is 0 Å². The van der Waals surface area contributed by atoms with Crippen molar-refractivity contribution in [2.45, 2.75) is 13.8 Å². The fraction of sp³-hybridized carbons (Fsp3) is 0.105. The molecule has 5 heteroatoms. The van der Waals surface area contributed by atoms with E-state index >= 15 is 0 Å². The van der Waals surface area contributed by atoms with Gasteiger partial charge in [0, 0.05) is 17.8 Å². The van der Waals surface area contributed by atoms with Gasteiger partial charge in [-0.1, -0.05) is 24.3 Å². The van der Waals surface area contributed by atoms with Gasteiger partial charge in [0.15, 0.2) is 0 Å². The molecule has 1 amide bonds. The summed E-state index contributed by atoms with van der Waals surface area (Å²) in [5.74, 6) is -0.191. The Morgan fingerprint density at radius 2 is 1.92 bits per heavy atom. The summed E-state index contributed by atoms with van der Waals surface area (Å²) in [6, 6.07) is 13.5. The van der Waals surface area contributed by atoms with E-state index in [1.54, 1.807) is 6.20 Å². The van der Waals surface area contributed by atoms with Crippen LogP contribution < -0.4 is 5.32 Å². The second-order valence-electron chi connectivity index (χ2n) is 5.77. The van der Waals surface area contributed by atoms with E-state index in [9.17, 15) is 4.79 Å². The molecule has 0 spiro atoms. The number of fused-ring (bicyclic) bond motifs is 2.